The third kappa shape index (κ3) is 10.4. The smallest absolute Gasteiger partial charge is 0.416 e. The molecule has 0 radical (unpaired) electrons. The van der Waals surface area contributed by atoms with Gasteiger partial charge >= 0.3 is 6.18 Å². The maximum absolute atomic E-state index is 13.6. The zero-order chi connectivity index (χ0) is 48.8. The van der Waals surface area contributed by atoms with Gasteiger partial charge in [-0.2, -0.15) is 13.2 Å². The van der Waals surface area contributed by atoms with E-state index in [1.807, 2.05) is 12.1 Å². The molecule has 16 nitrogen and oxygen atoms in total. The lowest BCUT2D eigenvalue weighted by Gasteiger charge is -2.41. The molecule has 1 aromatic heterocycles. The van der Waals surface area contributed by atoms with Gasteiger partial charge in [0.2, 0.25) is 17.7 Å². The number of likely N-dealkylation sites (N-methyl/N-ethyl adjacent to an activating group) is 1. The second kappa shape index (κ2) is 19.3. The number of ether oxygens (including phenoxy) is 2. The van der Waals surface area contributed by atoms with E-state index >= 15 is 0 Å². The van der Waals surface area contributed by atoms with Crippen molar-refractivity contribution in [1.29, 1.82) is 0 Å². The van der Waals surface area contributed by atoms with Crippen LogP contribution in [0.5, 0.6) is 11.5 Å². The Morgan fingerprint density at radius 1 is 0.971 bits per heavy atom. The van der Waals surface area contributed by atoms with E-state index in [0.29, 0.717) is 77.1 Å². The van der Waals surface area contributed by atoms with Crippen molar-refractivity contribution in [1.82, 2.24) is 35.3 Å². The molecule has 1 aliphatic carbocycles. The normalized spacial score (nSPS) is 20.9. The number of aromatic nitrogens is 2. The van der Waals surface area contributed by atoms with Gasteiger partial charge in [0.1, 0.15) is 17.7 Å². The minimum atomic E-state index is -4.55. The lowest BCUT2D eigenvalue weighted by atomic mass is 9.91. The van der Waals surface area contributed by atoms with E-state index in [9.17, 15) is 32.3 Å². The third-order valence-corrected chi connectivity index (χ3v) is 14.8. The number of nitrogens with one attached hydrogen (secondary N) is 3. The Kier molecular flexibility index (Phi) is 13.4. The number of hydrogen-bond donors (Lipinski definition) is 4. The average Bonchev–Trinajstić information content (AvgIpc) is 4.02. The van der Waals surface area contributed by atoms with Crippen LogP contribution in [0.15, 0.2) is 48.5 Å². The molecule has 5 aliphatic rings. The Morgan fingerprint density at radius 3 is 2.41 bits per heavy atom. The topological polar surface area (TPSA) is 188 Å². The summed E-state index contributed by atoms with van der Waals surface area (Å²) in [6.45, 7) is 10.4. The summed E-state index contributed by atoms with van der Waals surface area (Å²) >= 11 is 0. The Hall–Kier alpha value is -6.21. The summed E-state index contributed by atoms with van der Waals surface area (Å²) in [5.74, 6) is 1.49. The first-order chi connectivity index (χ1) is 33.0. The molecule has 4 fully saturated rings. The van der Waals surface area contributed by atoms with Crippen LogP contribution in [0, 0.1) is 18.3 Å². The molecule has 3 unspecified atom stereocenters. The number of benzene rings is 3. The Balaban J connectivity index is 0.786. The van der Waals surface area contributed by atoms with E-state index in [0.717, 1.165) is 94.9 Å². The van der Waals surface area contributed by atoms with Crippen LogP contribution in [0.2, 0.25) is 0 Å². The van der Waals surface area contributed by atoms with Crippen molar-refractivity contribution in [2.45, 2.75) is 89.6 Å². The second-order valence-corrected chi connectivity index (χ2v) is 19.5. The molecule has 3 atom stereocenters. The first kappa shape index (κ1) is 47.8. The first-order valence-electron chi connectivity index (χ1n) is 23.9. The Bertz CT molecular complexity index is 2630. The van der Waals surface area contributed by atoms with Gasteiger partial charge in [-0.3, -0.25) is 34.3 Å². The van der Waals surface area contributed by atoms with Crippen LogP contribution < -0.4 is 36.1 Å². The molecule has 19 heteroatoms. The quantitative estimate of drug-likeness (QED) is 0.0844. The van der Waals surface area contributed by atoms with Crippen molar-refractivity contribution in [3.05, 3.63) is 76.6 Å². The van der Waals surface area contributed by atoms with Crippen LogP contribution in [0.25, 0.3) is 10.9 Å². The average molecular weight is 955 g/mol. The maximum Gasteiger partial charge on any atom is 0.416 e. The van der Waals surface area contributed by atoms with E-state index in [1.165, 1.54) is 6.07 Å². The molecule has 0 bridgehead atoms. The highest BCUT2D eigenvalue weighted by molar-refractivity contribution is 6.05. The van der Waals surface area contributed by atoms with Gasteiger partial charge < -0.3 is 35.6 Å². The zero-order valence-electron chi connectivity index (χ0n) is 39.6. The predicted molar refractivity (Wildman–Crippen MR) is 254 cm³/mol. The number of nitrogen functional groups attached to an aromatic ring is 1. The molecule has 3 saturated heterocycles. The molecule has 4 amide bonds. The highest BCUT2D eigenvalue weighted by Crippen LogP contribution is 2.51. The van der Waals surface area contributed by atoms with Gasteiger partial charge in [-0.05, 0) is 125 Å². The number of carbonyl (C=O) groups excluding carboxylic acids is 4. The van der Waals surface area contributed by atoms with Gasteiger partial charge in [-0.25, -0.2) is 9.97 Å². The number of piperazine rings is 1. The number of nitrogens with zero attached hydrogens (tertiary/aromatic N) is 6. The second-order valence-electron chi connectivity index (χ2n) is 19.5. The fourth-order valence-corrected chi connectivity index (χ4v) is 10.6. The molecular formula is C50H61F3N10O6. The van der Waals surface area contributed by atoms with Crippen LogP contribution in [0.1, 0.15) is 90.8 Å². The van der Waals surface area contributed by atoms with Gasteiger partial charge in [0, 0.05) is 86.5 Å². The molecule has 1 saturated carbocycles. The highest BCUT2D eigenvalue weighted by Gasteiger charge is 2.48. The van der Waals surface area contributed by atoms with Crippen LogP contribution in [-0.2, 0) is 27.1 Å². The molecule has 5 N–H and O–H groups in total. The maximum atomic E-state index is 13.6. The summed E-state index contributed by atoms with van der Waals surface area (Å²) in [6, 6.07) is 11.5. The number of rotatable bonds is 15. The summed E-state index contributed by atoms with van der Waals surface area (Å²) in [7, 11) is 3.25. The number of aryl methyl sites for hydroxylation is 1. The monoisotopic (exact) mass is 954 g/mol. The molecule has 5 heterocycles. The third-order valence-electron chi connectivity index (χ3n) is 14.8. The van der Waals surface area contributed by atoms with Crippen molar-refractivity contribution in [2.75, 3.05) is 82.5 Å². The SMILES string of the molecule is CNC(=O)C(CC1(COc2cc3c(NC(C)c4cc(N)cc(C(F)(F)F)c4)nc(C)nc3cc2OC)CC1)N1CCC(CN2CCN(c3ccc4c(c3)CN(C3CCC(=O)NC3=O)C4=O)CC2)CC1. The van der Waals surface area contributed by atoms with Gasteiger partial charge in [0.15, 0.2) is 11.5 Å². The highest BCUT2D eigenvalue weighted by atomic mass is 19.4. The number of halogens is 3. The van der Waals surface area contributed by atoms with Gasteiger partial charge in [0.25, 0.3) is 5.91 Å². The number of fused-ring (bicyclic) bond motifs is 2. The predicted octanol–water partition coefficient (Wildman–Crippen LogP) is 5.68. The molecule has 4 aliphatic heterocycles. The standard InChI is InChI=1S/C50H61F3N10O6/c1-29(32-19-34(50(51,52)53)22-35(54)20-32)56-45-38-23-43(42(68-4)24-39(38)57-30(2)58-45)69-28-49(11-12-49)25-41(46(65)55-3)62-13-9-31(10-14-62)26-60-15-17-61(18-16-60)36-5-6-37-33(21-36)27-63(48(37)67)40-7-8-44(64)59-47(40)66/h5-6,19-24,29,31,40-41H,7-18,25-28,54H2,1-4H3,(H,55,65)(H,56,57,58)(H,59,64,66). The van der Waals surface area contributed by atoms with E-state index < -0.39 is 29.7 Å². The van der Waals surface area contributed by atoms with Gasteiger partial charge in [-0.15, -0.1) is 0 Å². The Labute approximate surface area is 399 Å². The fraction of sp³-hybridized carbons (Fsp3) is 0.520. The summed E-state index contributed by atoms with van der Waals surface area (Å²) in [5, 5.41) is 9.18. The number of methoxy groups -OCH3 is 1. The van der Waals surface area contributed by atoms with Crippen LogP contribution in [-0.4, -0.2) is 127 Å². The fourth-order valence-electron chi connectivity index (χ4n) is 10.6. The van der Waals surface area contributed by atoms with Crippen LogP contribution >= 0.6 is 0 Å². The minimum Gasteiger partial charge on any atom is -0.493 e. The van der Waals surface area contributed by atoms with E-state index in [-0.39, 0.29) is 41.3 Å². The summed E-state index contributed by atoms with van der Waals surface area (Å²) in [5.41, 5.74) is 8.38. The number of imide groups is 1. The molecule has 3 aromatic carbocycles. The summed E-state index contributed by atoms with van der Waals surface area (Å²) in [4.78, 5) is 69.0. The Morgan fingerprint density at radius 2 is 1.72 bits per heavy atom. The summed E-state index contributed by atoms with van der Waals surface area (Å²) in [6.07, 6.45) is 0.474. The van der Waals surface area contributed by atoms with E-state index in [2.05, 4.69) is 46.7 Å². The van der Waals surface area contributed by atoms with Gasteiger partial charge in [0.05, 0.1) is 36.9 Å². The van der Waals surface area contributed by atoms with Crippen molar-refractivity contribution in [3.8, 4) is 11.5 Å². The zero-order valence-corrected chi connectivity index (χ0v) is 39.6. The van der Waals surface area contributed by atoms with E-state index in [1.54, 1.807) is 45.0 Å². The van der Waals surface area contributed by atoms with Crippen molar-refractivity contribution >= 4 is 51.7 Å². The van der Waals surface area contributed by atoms with Crippen molar-refractivity contribution < 1.29 is 41.8 Å². The molecule has 69 heavy (non-hydrogen) atoms. The minimum absolute atomic E-state index is 0.00128. The molecule has 0 spiro atoms. The van der Waals surface area contributed by atoms with Crippen LogP contribution in [0.4, 0.5) is 30.4 Å². The van der Waals surface area contributed by atoms with E-state index in [4.69, 9.17) is 15.2 Å². The molecule has 9 rings (SSSR count). The molecular weight excluding hydrogens is 894 g/mol. The lowest BCUT2D eigenvalue weighted by molar-refractivity contribution is -0.138. The van der Waals surface area contributed by atoms with Crippen molar-refractivity contribution in [3.63, 3.8) is 0 Å². The van der Waals surface area contributed by atoms with Crippen LogP contribution in [0.3, 0.4) is 0 Å². The number of anilines is 3. The number of carbonyl (C=O) groups is 4. The summed E-state index contributed by atoms with van der Waals surface area (Å²) < 4.78 is 53.3. The van der Waals surface area contributed by atoms with Crippen molar-refractivity contribution in [2.24, 2.45) is 11.3 Å². The van der Waals surface area contributed by atoms with Gasteiger partial charge in [-0.1, -0.05) is 0 Å². The molecule has 4 aromatic rings. The largest absolute Gasteiger partial charge is 0.493 e. The number of piperidine rings is 2. The number of nitrogens with two attached hydrogens (primary N) is 1. The lowest BCUT2D eigenvalue weighted by Crippen LogP contribution is -2.52. The number of likely N-dealkylation sites (tertiary alicyclic amines) is 1. The number of alkyl halides is 3. The number of amides is 4. The first-order valence-corrected chi connectivity index (χ1v) is 23.9. The molecule has 368 valence electrons. The number of hydrogen-bond acceptors (Lipinski definition) is 13.